The first-order valence-electron chi connectivity index (χ1n) is 12.4. The Morgan fingerprint density at radius 1 is 1.24 bits per heavy atom. The number of hydrogen-bond donors (Lipinski definition) is 1. The van der Waals surface area contributed by atoms with Crippen molar-refractivity contribution in [3.05, 3.63) is 76.1 Å². The second kappa shape index (κ2) is 10.3. The lowest BCUT2D eigenvalue weighted by Gasteiger charge is -2.36. The molecular formula is C29H29ClN6O. The zero-order valence-electron chi connectivity index (χ0n) is 21.2. The topological polar surface area (TPSA) is 84.6 Å². The summed E-state index contributed by atoms with van der Waals surface area (Å²) in [5, 5.41) is 13.5. The number of rotatable bonds is 5. The number of hydrogen-bond acceptors (Lipinski definition) is 6. The van der Waals surface area contributed by atoms with Gasteiger partial charge in [0.25, 0.3) is 0 Å². The summed E-state index contributed by atoms with van der Waals surface area (Å²) in [5.74, 6) is -0.0130. The van der Waals surface area contributed by atoms with Crippen LogP contribution in [0.25, 0.3) is 11.1 Å². The number of fused-ring (bicyclic) bond motifs is 1. The largest absolute Gasteiger partial charge is 0.342 e. The first kappa shape index (κ1) is 24.9. The number of amides is 1. The predicted molar refractivity (Wildman–Crippen MR) is 147 cm³/mol. The Balaban J connectivity index is 1.62. The summed E-state index contributed by atoms with van der Waals surface area (Å²) in [6.07, 6.45) is 5.55. The van der Waals surface area contributed by atoms with Crippen LogP contribution in [0.4, 0.5) is 11.4 Å². The quantitative estimate of drug-likeness (QED) is 0.500. The molecule has 1 unspecified atom stereocenters. The Kier molecular flexibility index (Phi) is 6.96. The standard InChI is InChI=1S/C29H29ClN6O/c1-18-9-21(30)13-24(10-18)36-17-34-27-11-19(2)25(20-6-8-33-23(12-20)15-31)14-26(27)28(36)29(37)35(3)16-22-5-4-7-32-22/h6,8-14,17,22,28,32H,4-5,7,16H2,1-3H3/t22-,28?/m0/s1. The van der Waals surface area contributed by atoms with Crippen LogP contribution >= 0.6 is 11.6 Å². The lowest BCUT2D eigenvalue weighted by Crippen LogP contribution is -2.46. The Bertz CT molecular complexity index is 1400. The lowest BCUT2D eigenvalue weighted by atomic mass is 9.91. The number of aryl methyl sites for hydroxylation is 2. The SMILES string of the molecule is Cc1cc(Cl)cc(N2C=Nc3cc(C)c(-c4ccnc(C#N)c4)cc3C2C(=O)N(C)C[C@@H]2CCCN2)c1. The maximum Gasteiger partial charge on any atom is 0.250 e. The number of likely N-dealkylation sites (N-methyl/N-ethyl adjacent to an activating group) is 1. The molecule has 1 N–H and O–H groups in total. The molecule has 2 aliphatic rings. The third-order valence-corrected chi connectivity index (χ3v) is 7.26. The highest BCUT2D eigenvalue weighted by Crippen LogP contribution is 2.41. The number of nitrogens with one attached hydrogen (secondary N) is 1. The van der Waals surface area contributed by atoms with Gasteiger partial charge in [0.05, 0.1) is 12.0 Å². The van der Waals surface area contributed by atoms with E-state index in [1.165, 1.54) is 0 Å². The molecule has 8 heteroatoms. The van der Waals surface area contributed by atoms with Crippen LogP contribution in [0.5, 0.6) is 0 Å². The fourth-order valence-electron chi connectivity index (χ4n) is 5.23. The molecule has 1 amide bonds. The molecule has 7 nitrogen and oxygen atoms in total. The molecule has 0 aliphatic carbocycles. The smallest absolute Gasteiger partial charge is 0.250 e. The van der Waals surface area contributed by atoms with Crippen molar-refractivity contribution in [3.8, 4) is 17.2 Å². The molecule has 0 bridgehead atoms. The van der Waals surface area contributed by atoms with Gasteiger partial charge in [0.2, 0.25) is 5.91 Å². The van der Waals surface area contributed by atoms with Crippen molar-refractivity contribution in [1.82, 2.24) is 15.2 Å². The van der Waals surface area contributed by atoms with Crippen LogP contribution in [0.2, 0.25) is 5.02 Å². The molecule has 5 rings (SSSR count). The van der Waals surface area contributed by atoms with Gasteiger partial charge in [0.15, 0.2) is 0 Å². The minimum absolute atomic E-state index is 0.0130. The van der Waals surface area contributed by atoms with E-state index in [4.69, 9.17) is 16.6 Å². The Morgan fingerprint density at radius 2 is 2.08 bits per heavy atom. The molecule has 0 spiro atoms. The van der Waals surface area contributed by atoms with E-state index >= 15 is 0 Å². The molecule has 0 saturated carbocycles. The zero-order chi connectivity index (χ0) is 26.1. The van der Waals surface area contributed by atoms with E-state index in [0.29, 0.717) is 23.3 Å². The average molecular weight is 513 g/mol. The number of benzene rings is 2. The van der Waals surface area contributed by atoms with Crippen molar-refractivity contribution in [2.45, 2.75) is 38.8 Å². The van der Waals surface area contributed by atoms with Crippen molar-refractivity contribution in [2.75, 3.05) is 25.0 Å². The number of nitriles is 1. The van der Waals surface area contributed by atoms with Gasteiger partial charge in [-0.25, -0.2) is 9.98 Å². The highest BCUT2D eigenvalue weighted by Gasteiger charge is 2.35. The van der Waals surface area contributed by atoms with Crippen LogP contribution in [0.1, 0.15) is 41.3 Å². The summed E-state index contributed by atoms with van der Waals surface area (Å²) < 4.78 is 0. The van der Waals surface area contributed by atoms with Crippen molar-refractivity contribution in [2.24, 2.45) is 4.99 Å². The molecule has 2 atom stereocenters. The summed E-state index contributed by atoms with van der Waals surface area (Å²) >= 11 is 6.42. The molecule has 0 radical (unpaired) electrons. The number of aliphatic imine (C=N–C) groups is 1. The molecule has 1 saturated heterocycles. The van der Waals surface area contributed by atoms with Crippen LogP contribution in [0, 0.1) is 25.2 Å². The van der Waals surface area contributed by atoms with Gasteiger partial charge in [-0.15, -0.1) is 0 Å². The van der Waals surface area contributed by atoms with Crippen molar-refractivity contribution < 1.29 is 4.79 Å². The third kappa shape index (κ3) is 5.08. The van der Waals surface area contributed by atoms with Crippen molar-refractivity contribution >= 4 is 35.2 Å². The van der Waals surface area contributed by atoms with Gasteiger partial charge < -0.3 is 15.1 Å². The van der Waals surface area contributed by atoms with Crippen molar-refractivity contribution in [3.63, 3.8) is 0 Å². The summed E-state index contributed by atoms with van der Waals surface area (Å²) in [5.41, 5.74) is 6.55. The van der Waals surface area contributed by atoms with Crippen molar-refractivity contribution in [1.29, 1.82) is 5.26 Å². The number of halogens is 1. The van der Waals surface area contributed by atoms with Gasteiger partial charge in [-0.1, -0.05) is 11.6 Å². The van der Waals surface area contributed by atoms with E-state index in [2.05, 4.69) is 16.4 Å². The highest BCUT2D eigenvalue weighted by atomic mass is 35.5. The number of nitrogens with zero attached hydrogens (tertiary/aromatic N) is 5. The number of pyridine rings is 1. The normalized spacial score (nSPS) is 18.4. The summed E-state index contributed by atoms with van der Waals surface area (Å²) in [6, 6.07) is 15.3. The minimum atomic E-state index is -0.617. The van der Waals surface area contributed by atoms with Gasteiger partial charge in [-0.3, -0.25) is 4.79 Å². The Hall–Kier alpha value is -3.73. The first-order valence-corrected chi connectivity index (χ1v) is 12.8. The molecule has 1 fully saturated rings. The van der Waals surface area contributed by atoms with E-state index < -0.39 is 6.04 Å². The molecular weight excluding hydrogens is 484 g/mol. The van der Waals surface area contributed by atoms with Gasteiger partial charge >= 0.3 is 0 Å². The number of anilines is 1. The van der Waals surface area contributed by atoms with Crippen LogP contribution < -0.4 is 10.2 Å². The second-order valence-electron chi connectivity index (χ2n) is 9.82. The average Bonchev–Trinajstić information content (AvgIpc) is 3.39. The molecule has 3 heterocycles. The Morgan fingerprint density at radius 3 is 2.81 bits per heavy atom. The van der Waals surface area contributed by atoms with Gasteiger partial charge in [0, 0.05) is 42.1 Å². The molecule has 188 valence electrons. The van der Waals surface area contributed by atoms with Gasteiger partial charge in [-0.2, -0.15) is 5.26 Å². The van der Waals surface area contributed by atoms with E-state index in [0.717, 1.165) is 58.6 Å². The van der Waals surface area contributed by atoms with E-state index in [9.17, 15) is 10.1 Å². The predicted octanol–water partition coefficient (Wildman–Crippen LogP) is 5.32. The summed E-state index contributed by atoms with van der Waals surface area (Å²) in [7, 11) is 1.87. The second-order valence-corrected chi connectivity index (χ2v) is 10.3. The first-order chi connectivity index (χ1) is 17.8. The van der Waals surface area contributed by atoms with E-state index in [1.54, 1.807) is 18.6 Å². The Labute approximate surface area is 222 Å². The van der Waals surface area contributed by atoms with Crippen LogP contribution in [0.15, 0.2) is 53.7 Å². The number of carbonyl (C=O) groups excluding carboxylic acids is 1. The number of aromatic nitrogens is 1. The maximum atomic E-state index is 14.1. The fraction of sp³-hybridized carbons (Fsp3) is 0.310. The van der Waals surface area contributed by atoms with E-state index in [-0.39, 0.29) is 5.91 Å². The van der Waals surface area contributed by atoms with Gasteiger partial charge in [0.1, 0.15) is 17.8 Å². The summed E-state index contributed by atoms with van der Waals surface area (Å²) in [6.45, 7) is 5.62. The third-order valence-electron chi connectivity index (χ3n) is 7.04. The summed E-state index contributed by atoms with van der Waals surface area (Å²) in [4.78, 5) is 26.7. The molecule has 37 heavy (non-hydrogen) atoms. The molecule has 2 aromatic carbocycles. The lowest BCUT2D eigenvalue weighted by molar-refractivity contribution is -0.131. The molecule has 3 aromatic rings. The van der Waals surface area contributed by atoms with Crippen LogP contribution in [-0.4, -0.2) is 48.3 Å². The van der Waals surface area contributed by atoms with Crippen LogP contribution in [-0.2, 0) is 4.79 Å². The minimum Gasteiger partial charge on any atom is -0.342 e. The zero-order valence-corrected chi connectivity index (χ0v) is 22.0. The highest BCUT2D eigenvalue weighted by molar-refractivity contribution is 6.31. The monoisotopic (exact) mass is 512 g/mol. The van der Waals surface area contributed by atoms with Crippen LogP contribution in [0.3, 0.4) is 0 Å². The molecule has 2 aliphatic heterocycles. The van der Waals surface area contributed by atoms with E-state index in [1.807, 2.05) is 67.1 Å². The molecule has 1 aromatic heterocycles. The van der Waals surface area contributed by atoms with Gasteiger partial charge in [-0.05, 0) is 98.0 Å². The maximum absolute atomic E-state index is 14.1. The fourth-order valence-corrected chi connectivity index (χ4v) is 5.51. The number of carbonyl (C=O) groups is 1.